The van der Waals surface area contributed by atoms with Crippen molar-refractivity contribution in [2.45, 2.75) is 36.6 Å². The molecule has 2 atom stereocenters. The Bertz CT molecular complexity index is 678. The van der Waals surface area contributed by atoms with E-state index in [2.05, 4.69) is 15.5 Å². The largest absolute Gasteiger partial charge is 0.347 e. The third-order valence-electron chi connectivity index (χ3n) is 3.10. The van der Waals surface area contributed by atoms with Gasteiger partial charge in [-0.2, -0.15) is 5.10 Å². The molecular weight excluding hydrogens is 316 g/mol. The Hall–Kier alpha value is -1.26. The van der Waals surface area contributed by atoms with Gasteiger partial charge in [-0.05, 0) is 19.8 Å². The Labute approximate surface area is 125 Å². The zero-order valence-electron chi connectivity index (χ0n) is 11.8. The Morgan fingerprint density at radius 1 is 1.57 bits per heavy atom. The first kappa shape index (κ1) is 16.1. The van der Waals surface area contributed by atoms with Crippen molar-refractivity contribution in [2.24, 2.45) is 5.14 Å². The van der Waals surface area contributed by atoms with Crippen LogP contribution in [0.4, 0.5) is 0 Å². The van der Waals surface area contributed by atoms with E-state index in [0.717, 1.165) is 12.8 Å². The van der Waals surface area contributed by atoms with Gasteiger partial charge in [-0.1, -0.05) is 0 Å². The monoisotopic (exact) mass is 334 g/mol. The number of hydrogen-bond acceptors (Lipinski definition) is 5. The summed E-state index contributed by atoms with van der Waals surface area (Å²) in [5, 5.41) is 14.2. The molecule has 8 nitrogen and oxygen atoms in total. The smallest absolute Gasteiger partial charge is 0.273 e. The normalized spacial score (nSPS) is 18.2. The van der Waals surface area contributed by atoms with Crippen molar-refractivity contribution in [3.63, 3.8) is 0 Å². The van der Waals surface area contributed by atoms with Gasteiger partial charge in [0.25, 0.3) is 5.91 Å². The number of carbonyl (C=O) groups is 1. The number of nitrogens with two attached hydrogens (primary N) is 1. The third kappa shape index (κ3) is 3.89. The van der Waals surface area contributed by atoms with Crippen LogP contribution in [0.3, 0.4) is 0 Å². The summed E-state index contributed by atoms with van der Waals surface area (Å²) in [6.45, 7) is 1.68. The summed E-state index contributed by atoms with van der Waals surface area (Å²) in [7, 11) is -5.11. The summed E-state index contributed by atoms with van der Waals surface area (Å²) in [5.41, 5.74) is 0.169. The topological polar surface area (TPSA) is 135 Å². The number of aromatic nitrogens is 2. The Kier molecular flexibility index (Phi) is 4.49. The maximum absolute atomic E-state index is 12.1. The first-order valence-electron chi connectivity index (χ1n) is 6.42. The van der Waals surface area contributed by atoms with Gasteiger partial charge >= 0.3 is 0 Å². The highest BCUT2D eigenvalue weighted by molar-refractivity contribution is 7.89. The average molecular weight is 334 g/mol. The van der Waals surface area contributed by atoms with Gasteiger partial charge in [-0.25, -0.2) is 13.6 Å². The molecule has 1 aliphatic rings. The van der Waals surface area contributed by atoms with E-state index < -0.39 is 26.7 Å². The minimum Gasteiger partial charge on any atom is -0.347 e. The van der Waals surface area contributed by atoms with E-state index in [1.165, 1.54) is 6.26 Å². The van der Waals surface area contributed by atoms with E-state index >= 15 is 0 Å². The molecule has 2 rings (SSSR count). The number of H-pyrrole nitrogens is 1. The number of carbonyl (C=O) groups excluding carboxylic acids is 1. The molecule has 1 aliphatic carbocycles. The van der Waals surface area contributed by atoms with Crippen LogP contribution >= 0.6 is 0 Å². The van der Waals surface area contributed by atoms with Crippen molar-refractivity contribution in [3.8, 4) is 0 Å². The lowest BCUT2D eigenvalue weighted by Gasteiger charge is -2.11. The lowest BCUT2D eigenvalue weighted by atomic mass is 10.2. The molecule has 10 heteroatoms. The van der Waals surface area contributed by atoms with Gasteiger partial charge in [-0.15, -0.1) is 0 Å². The summed E-state index contributed by atoms with van der Waals surface area (Å²) in [6, 6.07) is -0.363. The first-order valence-corrected chi connectivity index (χ1v) is 9.69. The van der Waals surface area contributed by atoms with E-state index in [-0.39, 0.29) is 28.3 Å². The van der Waals surface area contributed by atoms with Crippen LogP contribution in [0.15, 0.2) is 4.90 Å². The van der Waals surface area contributed by atoms with E-state index in [4.69, 9.17) is 5.14 Å². The number of nitrogens with zero attached hydrogens (tertiary/aromatic N) is 1. The van der Waals surface area contributed by atoms with Crippen molar-refractivity contribution in [2.75, 3.05) is 12.0 Å². The molecule has 0 spiro atoms. The second-order valence-electron chi connectivity index (χ2n) is 5.25. The third-order valence-corrected chi connectivity index (χ3v) is 5.05. The molecule has 1 fully saturated rings. The van der Waals surface area contributed by atoms with Gasteiger partial charge in [-0.3, -0.25) is 14.1 Å². The average Bonchev–Trinajstić information content (AvgIpc) is 3.04. The van der Waals surface area contributed by atoms with Gasteiger partial charge in [0.15, 0.2) is 5.69 Å². The Morgan fingerprint density at radius 3 is 2.67 bits per heavy atom. The molecule has 1 heterocycles. The summed E-state index contributed by atoms with van der Waals surface area (Å²) < 4.78 is 34.6. The minimum atomic E-state index is -4.04. The van der Waals surface area contributed by atoms with Crippen LogP contribution in [0, 0.1) is 0 Å². The quantitative estimate of drug-likeness (QED) is 0.640. The predicted molar refractivity (Wildman–Crippen MR) is 77.8 cm³/mol. The number of amides is 1. The molecule has 0 radical (unpaired) electrons. The van der Waals surface area contributed by atoms with E-state index in [1.807, 2.05) is 0 Å². The van der Waals surface area contributed by atoms with Gasteiger partial charge in [0.1, 0.15) is 4.90 Å². The molecule has 0 aromatic carbocycles. The SMILES string of the molecule is CC(CS(C)=O)NC(=O)c1n[nH]c(C2CC2)c1S(N)(=O)=O. The fourth-order valence-corrected chi connectivity index (χ4v) is 3.84. The molecule has 1 aromatic heterocycles. The molecule has 118 valence electrons. The maximum Gasteiger partial charge on any atom is 0.273 e. The van der Waals surface area contributed by atoms with Crippen LogP contribution in [0.5, 0.6) is 0 Å². The van der Waals surface area contributed by atoms with Crippen molar-refractivity contribution in [1.29, 1.82) is 0 Å². The van der Waals surface area contributed by atoms with Crippen LogP contribution in [0.2, 0.25) is 0 Å². The maximum atomic E-state index is 12.1. The van der Waals surface area contributed by atoms with Crippen molar-refractivity contribution in [3.05, 3.63) is 11.4 Å². The van der Waals surface area contributed by atoms with Crippen molar-refractivity contribution in [1.82, 2.24) is 15.5 Å². The first-order chi connectivity index (χ1) is 9.70. The number of nitrogens with one attached hydrogen (secondary N) is 2. The zero-order chi connectivity index (χ0) is 15.8. The number of aromatic amines is 1. The number of hydrogen-bond donors (Lipinski definition) is 3. The zero-order valence-corrected chi connectivity index (χ0v) is 13.4. The highest BCUT2D eigenvalue weighted by atomic mass is 32.2. The minimum absolute atomic E-state index is 0.0629. The molecule has 2 unspecified atom stereocenters. The second-order valence-corrected chi connectivity index (χ2v) is 8.23. The fourth-order valence-electron chi connectivity index (χ4n) is 2.12. The van der Waals surface area contributed by atoms with Gasteiger partial charge in [0.05, 0.1) is 5.69 Å². The summed E-state index contributed by atoms with van der Waals surface area (Å²) in [5.74, 6) is -0.302. The molecule has 0 aliphatic heterocycles. The van der Waals surface area contributed by atoms with E-state index in [9.17, 15) is 17.4 Å². The lowest BCUT2D eigenvalue weighted by Crippen LogP contribution is -2.37. The summed E-state index contributed by atoms with van der Waals surface area (Å²) in [6.07, 6.45) is 3.21. The van der Waals surface area contributed by atoms with Gasteiger partial charge < -0.3 is 5.32 Å². The van der Waals surface area contributed by atoms with Crippen LogP contribution in [-0.4, -0.2) is 46.8 Å². The van der Waals surface area contributed by atoms with Crippen LogP contribution in [0.25, 0.3) is 0 Å². The highest BCUT2D eigenvalue weighted by Crippen LogP contribution is 2.42. The molecule has 1 saturated carbocycles. The number of primary sulfonamides is 1. The molecule has 4 N–H and O–H groups in total. The van der Waals surface area contributed by atoms with Crippen molar-refractivity contribution >= 4 is 26.7 Å². The summed E-state index contributed by atoms with van der Waals surface area (Å²) in [4.78, 5) is 11.9. The fraction of sp³-hybridized carbons (Fsp3) is 0.636. The summed E-state index contributed by atoms with van der Waals surface area (Å²) >= 11 is 0. The van der Waals surface area contributed by atoms with Crippen LogP contribution < -0.4 is 10.5 Å². The Balaban J connectivity index is 2.27. The molecule has 1 aromatic rings. The molecule has 0 bridgehead atoms. The van der Waals surface area contributed by atoms with Crippen LogP contribution in [0.1, 0.15) is 41.9 Å². The Morgan fingerprint density at radius 2 is 2.19 bits per heavy atom. The van der Waals surface area contributed by atoms with Crippen molar-refractivity contribution < 1.29 is 17.4 Å². The molecule has 1 amide bonds. The standard InChI is InChI=1S/C11H18N4O4S2/c1-6(5-20(2)17)13-11(16)9-10(21(12,18)19)8(14-15-9)7-3-4-7/h6-7H,3-5H2,1-2H3,(H,13,16)(H,14,15)(H2,12,18,19). The molecule has 21 heavy (non-hydrogen) atoms. The van der Waals surface area contributed by atoms with E-state index in [1.54, 1.807) is 6.92 Å². The number of sulfonamides is 1. The predicted octanol–water partition coefficient (Wildman–Crippen LogP) is -0.569. The molecule has 0 saturated heterocycles. The van der Waals surface area contributed by atoms with Gasteiger partial charge in [0.2, 0.25) is 10.0 Å². The number of rotatable bonds is 6. The second kappa shape index (κ2) is 5.85. The lowest BCUT2D eigenvalue weighted by molar-refractivity contribution is 0.0935. The molecular formula is C11H18N4O4S2. The van der Waals surface area contributed by atoms with E-state index in [0.29, 0.717) is 5.69 Å². The van der Waals surface area contributed by atoms with Gasteiger partial charge in [0, 0.05) is 34.8 Å². The highest BCUT2D eigenvalue weighted by Gasteiger charge is 2.36. The van der Waals surface area contributed by atoms with Crippen LogP contribution in [-0.2, 0) is 20.8 Å².